The molecule has 2 fully saturated rings. The van der Waals surface area contributed by atoms with E-state index in [9.17, 15) is 4.39 Å². The molecule has 4 rings (SSSR count). The molecular formula is C19H22FN3O. The SMILES string of the molecule is Cc1ccc(-c2ccc(OC3CCN4CCCC3C4)nn2)cc1F. The standard InChI is InChI=1S/C19H22FN3O/c1-13-4-5-14(11-16(13)20)17-6-7-19(22-21-17)24-18-8-10-23-9-2-3-15(18)12-23/h4-7,11,15,18H,2-3,8-10,12H2,1H3. The number of hydrogen-bond acceptors (Lipinski definition) is 4. The van der Waals surface area contributed by atoms with Crippen molar-refractivity contribution in [2.45, 2.75) is 32.3 Å². The third-order valence-electron chi connectivity index (χ3n) is 5.18. The molecule has 3 unspecified atom stereocenters. The first-order valence-electron chi connectivity index (χ1n) is 8.68. The van der Waals surface area contributed by atoms with Crippen molar-refractivity contribution in [3.8, 4) is 17.1 Å². The van der Waals surface area contributed by atoms with Gasteiger partial charge in [0.15, 0.2) is 0 Å². The van der Waals surface area contributed by atoms with Gasteiger partial charge in [-0.05, 0) is 50.4 Å². The summed E-state index contributed by atoms with van der Waals surface area (Å²) in [7, 11) is 0. The van der Waals surface area contributed by atoms with Crippen LogP contribution in [0.15, 0.2) is 30.3 Å². The van der Waals surface area contributed by atoms with E-state index >= 15 is 0 Å². The predicted octanol–water partition coefficient (Wildman–Crippen LogP) is 3.45. The molecule has 0 spiro atoms. The minimum atomic E-state index is -0.223. The van der Waals surface area contributed by atoms with Gasteiger partial charge in [0, 0.05) is 30.6 Å². The van der Waals surface area contributed by atoms with Crippen LogP contribution in [0.25, 0.3) is 11.3 Å². The number of aryl methyl sites for hydroxylation is 1. The molecule has 0 aliphatic carbocycles. The van der Waals surface area contributed by atoms with E-state index in [1.165, 1.54) is 25.5 Å². The Morgan fingerprint density at radius 1 is 1.12 bits per heavy atom. The monoisotopic (exact) mass is 327 g/mol. The second-order valence-electron chi connectivity index (χ2n) is 6.87. The van der Waals surface area contributed by atoms with E-state index in [4.69, 9.17) is 4.74 Å². The fourth-order valence-corrected chi connectivity index (χ4v) is 3.74. The number of nitrogens with zero attached hydrogens (tertiary/aromatic N) is 3. The Balaban J connectivity index is 1.46. The van der Waals surface area contributed by atoms with E-state index in [2.05, 4.69) is 15.1 Å². The molecule has 24 heavy (non-hydrogen) atoms. The zero-order valence-electron chi connectivity index (χ0n) is 13.9. The van der Waals surface area contributed by atoms with Gasteiger partial charge in [-0.15, -0.1) is 10.2 Å². The molecule has 3 heterocycles. The molecular weight excluding hydrogens is 305 g/mol. The Labute approximate surface area is 141 Å². The van der Waals surface area contributed by atoms with E-state index in [1.54, 1.807) is 13.0 Å². The number of aromatic nitrogens is 2. The maximum absolute atomic E-state index is 13.7. The zero-order valence-corrected chi connectivity index (χ0v) is 13.9. The first-order chi connectivity index (χ1) is 11.7. The molecule has 0 saturated carbocycles. The van der Waals surface area contributed by atoms with Gasteiger partial charge in [-0.2, -0.15) is 0 Å². The van der Waals surface area contributed by atoms with Gasteiger partial charge in [0.1, 0.15) is 11.9 Å². The molecule has 3 atom stereocenters. The lowest BCUT2D eigenvalue weighted by atomic mass is 9.87. The van der Waals surface area contributed by atoms with Crippen molar-refractivity contribution >= 4 is 0 Å². The smallest absolute Gasteiger partial charge is 0.233 e. The Morgan fingerprint density at radius 3 is 2.83 bits per heavy atom. The first-order valence-corrected chi connectivity index (χ1v) is 8.68. The molecule has 2 bridgehead atoms. The normalized spacial score (nSPS) is 26.2. The summed E-state index contributed by atoms with van der Waals surface area (Å²) in [6, 6.07) is 8.81. The highest BCUT2D eigenvalue weighted by atomic mass is 19.1. The van der Waals surface area contributed by atoms with Gasteiger partial charge in [-0.25, -0.2) is 4.39 Å². The average molecular weight is 327 g/mol. The molecule has 2 aliphatic rings. The Kier molecular flexibility index (Phi) is 4.19. The summed E-state index contributed by atoms with van der Waals surface area (Å²) in [4.78, 5) is 2.52. The average Bonchev–Trinajstić information content (AvgIpc) is 2.61. The summed E-state index contributed by atoms with van der Waals surface area (Å²) in [5.74, 6) is 0.939. The fourth-order valence-electron chi connectivity index (χ4n) is 3.74. The van der Waals surface area contributed by atoms with Crippen LogP contribution in [0.3, 0.4) is 0 Å². The Morgan fingerprint density at radius 2 is 2.04 bits per heavy atom. The van der Waals surface area contributed by atoms with Crippen molar-refractivity contribution < 1.29 is 9.13 Å². The quantitative estimate of drug-likeness (QED) is 0.865. The van der Waals surface area contributed by atoms with Crippen LogP contribution in [0.2, 0.25) is 0 Å². The lowest BCUT2D eigenvalue weighted by molar-refractivity contribution is 0.0123. The summed E-state index contributed by atoms with van der Waals surface area (Å²) >= 11 is 0. The van der Waals surface area contributed by atoms with E-state index in [0.717, 1.165) is 25.1 Å². The number of fused-ring (bicyclic) bond motifs is 2. The molecule has 0 amide bonds. The molecule has 5 heteroatoms. The van der Waals surface area contributed by atoms with Crippen LogP contribution >= 0.6 is 0 Å². The Bertz CT molecular complexity index is 719. The van der Waals surface area contributed by atoms with Crippen LogP contribution in [0.4, 0.5) is 4.39 Å². The molecule has 2 aromatic rings. The molecule has 1 aromatic heterocycles. The zero-order chi connectivity index (χ0) is 16.5. The van der Waals surface area contributed by atoms with E-state index in [0.29, 0.717) is 23.1 Å². The highest BCUT2D eigenvalue weighted by Crippen LogP contribution is 2.29. The molecule has 2 saturated heterocycles. The number of rotatable bonds is 3. The number of ether oxygens (including phenoxy) is 1. The highest BCUT2D eigenvalue weighted by molar-refractivity contribution is 5.59. The summed E-state index contributed by atoms with van der Waals surface area (Å²) in [6.45, 7) is 5.22. The van der Waals surface area contributed by atoms with E-state index in [-0.39, 0.29) is 11.9 Å². The first kappa shape index (κ1) is 15.5. The molecule has 4 nitrogen and oxygen atoms in total. The van der Waals surface area contributed by atoms with Gasteiger partial charge in [-0.3, -0.25) is 0 Å². The van der Waals surface area contributed by atoms with E-state index < -0.39 is 0 Å². The minimum absolute atomic E-state index is 0.223. The second-order valence-corrected chi connectivity index (χ2v) is 6.87. The lowest BCUT2D eigenvalue weighted by Gasteiger charge is -2.42. The summed E-state index contributed by atoms with van der Waals surface area (Å²) in [6.07, 6.45) is 3.78. The van der Waals surface area contributed by atoms with Crippen molar-refractivity contribution in [2.24, 2.45) is 5.92 Å². The van der Waals surface area contributed by atoms with Crippen LogP contribution in [-0.2, 0) is 0 Å². The summed E-state index contributed by atoms with van der Waals surface area (Å²) < 4.78 is 19.8. The fraction of sp³-hybridized carbons (Fsp3) is 0.474. The van der Waals surface area contributed by atoms with Crippen LogP contribution in [-0.4, -0.2) is 40.8 Å². The highest BCUT2D eigenvalue weighted by Gasteiger charge is 2.33. The second kappa shape index (κ2) is 6.48. The van der Waals surface area contributed by atoms with Gasteiger partial charge in [0.2, 0.25) is 5.88 Å². The van der Waals surface area contributed by atoms with Gasteiger partial charge in [0.25, 0.3) is 0 Å². The number of halogens is 1. The van der Waals surface area contributed by atoms with Crippen molar-refractivity contribution in [1.82, 2.24) is 15.1 Å². The number of benzene rings is 1. The topological polar surface area (TPSA) is 38.2 Å². The van der Waals surface area contributed by atoms with Crippen LogP contribution in [0, 0.1) is 18.7 Å². The van der Waals surface area contributed by atoms with Gasteiger partial charge >= 0.3 is 0 Å². The number of piperidine rings is 2. The largest absolute Gasteiger partial charge is 0.473 e. The third kappa shape index (κ3) is 3.13. The van der Waals surface area contributed by atoms with Crippen LogP contribution in [0.1, 0.15) is 24.8 Å². The third-order valence-corrected chi connectivity index (χ3v) is 5.18. The van der Waals surface area contributed by atoms with Gasteiger partial charge < -0.3 is 9.64 Å². The van der Waals surface area contributed by atoms with Crippen molar-refractivity contribution in [3.05, 3.63) is 41.7 Å². The van der Waals surface area contributed by atoms with Crippen molar-refractivity contribution in [2.75, 3.05) is 19.6 Å². The van der Waals surface area contributed by atoms with Gasteiger partial charge in [-0.1, -0.05) is 12.1 Å². The van der Waals surface area contributed by atoms with Crippen molar-refractivity contribution in [1.29, 1.82) is 0 Å². The summed E-state index contributed by atoms with van der Waals surface area (Å²) in [5.41, 5.74) is 2.02. The maximum Gasteiger partial charge on any atom is 0.233 e. The predicted molar refractivity (Wildman–Crippen MR) is 90.4 cm³/mol. The molecule has 126 valence electrons. The number of hydrogen-bond donors (Lipinski definition) is 0. The minimum Gasteiger partial charge on any atom is -0.473 e. The van der Waals surface area contributed by atoms with Crippen LogP contribution < -0.4 is 4.74 Å². The Hall–Kier alpha value is -2.01. The van der Waals surface area contributed by atoms with Crippen LogP contribution in [0.5, 0.6) is 5.88 Å². The van der Waals surface area contributed by atoms with E-state index in [1.807, 2.05) is 18.2 Å². The molecule has 0 N–H and O–H groups in total. The van der Waals surface area contributed by atoms with Gasteiger partial charge in [0.05, 0.1) is 5.69 Å². The van der Waals surface area contributed by atoms with Crippen molar-refractivity contribution in [3.63, 3.8) is 0 Å². The molecule has 2 aliphatic heterocycles. The summed E-state index contributed by atoms with van der Waals surface area (Å²) in [5, 5.41) is 8.41. The molecule has 1 aromatic carbocycles. The maximum atomic E-state index is 13.7. The lowest BCUT2D eigenvalue weighted by Crippen LogP contribution is -2.49. The molecule has 0 radical (unpaired) electrons.